The lowest BCUT2D eigenvalue weighted by Gasteiger charge is -2.43. The van der Waals surface area contributed by atoms with Crippen molar-refractivity contribution >= 4 is 17.6 Å². The van der Waals surface area contributed by atoms with E-state index in [1.165, 1.54) is 0 Å². The number of hydrogen-bond acceptors (Lipinski definition) is 3. The molecule has 0 unspecified atom stereocenters. The van der Waals surface area contributed by atoms with Crippen molar-refractivity contribution in [2.24, 2.45) is 0 Å². The average molecular weight is 339 g/mol. The van der Waals surface area contributed by atoms with Crippen LogP contribution < -0.4 is 10.6 Å². The zero-order valence-corrected chi connectivity index (χ0v) is 13.9. The Morgan fingerprint density at radius 1 is 1.20 bits per heavy atom. The molecule has 130 valence electrons. The molecule has 1 aromatic carbocycles. The maximum atomic E-state index is 12.7. The van der Waals surface area contributed by atoms with Gasteiger partial charge in [0.2, 0.25) is 5.91 Å². The first-order valence-corrected chi connectivity index (χ1v) is 8.68. The van der Waals surface area contributed by atoms with Crippen molar-refractivity contribution in [2.75, 3.05) is 11.9 Å². The van der Waals surface area contributed by atoms with Gasteiger partial charge >= 0.3 is 6.03 Å². The van der Waals surface area contributed by atoms with Crippen LogP contribution in [0.25, 0.3) is 5.69 Å². The van der Waals surface area contributed by atoms with Crippen LogP contribution in [0.1, 0.15) is 25.7 Å². The van der Waals surface area contributed by atoms with Gasteiger partial charge in [0.05, 0.1) is 11.7 Å². The van der Waals surface area contributed by atoms with Gasteiger partial charge in [-0.05, 0) is 43.2 Å². The topological polar surface area (TPSA) is 79.3 Å². The van der Waals surface area contributed by atoms with Crippen molar-refractivity contribution in [1.82, 2.24) is 20.0 Å². The molecule has 3 amide bonds. The van der Waals surface area contributed by atoms with Gasteiger partial charge in [-0.3, -0.25) is 4.79 Å². The summed E-state index contributed by atoms with van der Waals surface area (Å²) in [5.41, 5.74) is 1.63. The van der Waals surface area contributed by atoms with Crippen molar-refractivity contribution in [3.8, 4) is 5.69 Å². The largest absolute Gasteiger partial charge is 0.350 e. The highest BCUT2D eigenvalue weighted by Gasteiger charge is 2.38. The van der Waals surface area contributed by atoms with Gasteiger partial charge in [-0.15, -0.1) is 0 Å². The van der Waals surface area contributed by atoms with Crippen LogP contribution in [0.5, 0.6) is 0 Å². The molecule has 2 atom stereocenters. The Hall–Kier alpha value is -2.83. The monoisotopic (exact) mass is 339 g/mol. The summed E-state index contributed by atoms with van der Waals surface area (Å²) < 4.78 is 1.76. The molecule has 2 aliphatic rings. The number of benzene rings is 1. The van der Waals surface area contributed by atoms with Gasteiger partial charge in [-0.2, -0.15) is 5.10 Å². The Labute approximate surface area is 146 Å². The molecule has 7 nitrogen and oxygen atoms in total. The molecule has 0 bridgehead atoms. The van der Waals surface area contributed by atoms with Gasteiger partial charge in [-0.25, -0.2) is 9.48 Å². The average Bonchev–Trinajstić information content (AvgIpc) is 3.16. The first-order chi connectivity index (χ1) is 12.2. The summed E-state index contributed by atoms with van der Waals surface area (Å²) in [6, 6.07) is 9.31. The van der Waals surface area contributed by atoms with E-state index in [9.17, 15) is 9.59 Å². The molecular formula is C18H21N5O2. The molecule has 1 aliphatic carbocycles. The quantitative estimate of drug-likeness (QED) is 0.880. The molecule has 1 aliphatic heterocycles. The van der Waals surface area contributed by atoms with Crippen LogP contribution in [0.3, 0.4) is 0 Å². The second kappa shape index (κ2) is 6.58. The first kappa shape index (κ1) is 15.7. The van der Waals surface area contributed by atoms with E-state index in [0.29, 0.717) is 5.69 Å². The Bertz CT molecular complexity index is 756. The summed E-state index contributed by atoms with van der Waals surface area (Å²) in [7, 11) is 0. The summed E-state index contributed by atoms with van der Waals surface area (Å²) in [6.07, 6.45) is 7.67. The highest BCUT2D eigenvalue weighted by atomic mass is 16.2. The van der Waals surface area contributed by atoms with E-state index in [0.717, 1.165) is 31.4 Å². The number of nitrogens with zero attached hydrogens (tertiary/aromatic N) is 3. The van der Waals surface area contributed by atoms with E-state index in [1.807, 2.05) is 36.5 Å². The molecule has 0 spiro atoms. The summed E-state index contributed by atoms with van der Waals surface area (Å²) in [5.74, 6) is -0.0765. The second-order valence-electron chi connectivity index (χ2n) is 6.58. The Morgan fingerprint density at radius 3 is 2.76 bits per heavy atom. The highest BCUT2D eigenvalue weighted by molar-refractivity contribution is 5.93. The SMILES string of the molecule is O=C1CN(C(=O)Nc2ccc(-n3cccn3)cc2)[C@@H]2CCCC[C@H]2N1. The molecule has 0 radical (unpaired) electrons. The lowest BCUT2D eigenvalue weighted by atomic mass is 9.87. The van der Waals surface area contributed by atoms with Crippen LogP contribution in [0.15, 0.2) is 42.7 Å². The summed E-state index contributed by atoms with van der Waals surface area (Å²) in [4.78, 5) is 26.3. The Kier molecular flexibility index (Phi) is 4.13. The van der Waals surface area contributed by atoms with Crippen molar-refractivity contribution in [3.63, 3.8) is 0 Å². The van der Waals surface area contributed by atoms with Crippen LogP contribution in [0.2, 0.25) is 0 Å². The van der Waals surface area contributed by atoms with Crippen molar-refractivity contribution in [2.45, 2.75) is 37.8 Å². The predicted molar refractivity (Wildman–Crippen MR) is 93.5 cm³/mol. The first-order valence-electron chi connectivity index (χ1n) is 8.68. The number of amides is 3. The summed E-state index contributed by atoms with van der Waals surface area (Å²) in [6.45, 7) is 0.123. The van der Waals surface area contributed by atoms with Gasteiger partial charge < -0.3 is 15.5 Å². The minimum atomic E-state index is -0.210. The molecule has 2 heterocycles. The standard InChI is InChI=1S/C18H21N5O2/c24-17-12-22(16-5-2-1-4-15(16)21-17)18(25)20-13-6-8-14(9-7-13)23-11-3-10-19-23/h3,6-11,15-16H,1-2,4-5,12H2,(H,20,25)(H,21,24)/t15-,16-/m1/s1. The lowest BCUT2D eigenvalue weighted by molar-refractivity contribution is -0.126. The number of rotatable bonds is 2. The van der Waals surface area contributed by atoms with E-state index in [1.54, 1.807) is 15.8 Å². The fourth-order valence-electron chi connectivity index (χ4n) is 3.71. The molecule has 1 saturated heterocycles. The third-order valence-electron chi connectivity index (χ3n) is 4.94. The highest BCUT2D eigenvalue weighted by Crippen LogP contribution is 2.26. The van der Waals surface area contributed by atoms with Crippen LogP contribution >= 0.6 is 0 Å². The minimum absolute atomic E-state index is 0.0765. The van der Waals surface area contributed by atoms with Crippen molar-refractivity contribution < 1.29 is 9.59 Å². The van der Waals surface area contributed by atoms with E-state index < -0.39 is 0 Å². The lowest BCUT2D eigenvalue weighted by Crippen LogP contribution is -2.63. The van der Waals surface area contributed by atoms with Gasteiger partial charge in [0.1, 0.15) is 6.54 Å². The van der Waals surface area contributed by atoms with E-state index in [-0.39, 0.29) is 30.6 Å². The molecule has 7 heteroatoms. The maximum absolute atomic E-state index is 12.7. The third-order valence-corrected chi connectivity index (χ3v) is 4.94. The Balaban J connectivity index is 1.46. The molecular weight excluding hydrogens is 318 g/mol. The fraction of sp³-hybridized carbons (Fsp3) is 0.389. The second-order valence-corrected chi connectivity index (χ2v) is 6.58. The molecule has 2 aromatic rings. The van der Waals surface area contributed by atoms with Crippen LogP contribution in [0.4, 0.5) is 10.5 Å². The van der Waals surface area contributed by atoms with Gasteiger partial charge in [0, 0.05) is 24.1 Å². The van der Waals surface area contributed by atoms with E-state index in [4.69, 9.17) is 0 Å². The van der Waals surface area contributed by atoms with Crippen molar-refractivity contribution in [3.05, 3.63) is 42.7 Å². The maximum Gasteiger partial charge on any atom is 0.322 e. The fourth-order valence-corrected chi connectivity index (χ4v) is 3.71. The van der Waals surface area contributed by atoms with E-state index in [2.05, 4.69) is 15.7 Å². The van der Waals surface area contributed by atoms with Gasteiger partial charge in [0.15, 0.2) is 0 Å². The molecule has 2 N–H and O–H groups in total. The van der Waals surface area contributed by atoms with Crippen molar-refractivity contribution in [1.29, 1.82) is 0 Å². The number of nitrogens with one attached hydrogen (secondary N) is 2. The Morgan fingerprint density at radius 2 is 2.00 bits per heavy atom. The number of aromatic nitrogens is 2. The number of hydrogen-bond donors (Lipinski definition) is 2. The van der Waals surface area contributed by atoms with Gasteiger partial charge in [-0.1, -0.05) is 12.8 Å². The molecule has 4 rings (SSSR count). The number of piperazine rings is 1. The number of urea groups is 1. The summed E-state index contributed by atoms with van der Waals surface area (Å²) in [5, 5.41) is 10.1. The number of carbonyl (C=O) groups excluding carboxylic acids is 2. The van der Waals surface area contributed by atoms with Crippen LogP contribution in [-0.2, 0) is 4.79 Å². The smallest absolute Gasteiger partial charge is 0.322 e. The summed E-state index contributed by atoms with van der Waals surface area (Å²) >= 11 is 0. The molecule has 2 fully saturated rings. The van der Waals surface area contributed by atoms with Gasteiger partial charge in [0.25, 0.3) is 0 Å². The molecule has 1 aromatic heterocycles. The van der Waals surface area contributed by atoms with Crippen LogP contribution in [0, 0.1) is 0 Å². The molecule has 1 saturated carbocycles. The third kappa shape index (κ3) is 3.22. The number of anilines is 1. The number of fused-ring (bicyclic) bond motifs is 1. The number of carbonyl (C=O) groups is 2. The zero-order chi connectivity index (χ0) is 17.2. The normalized spacial score (nSPS) is 22.9. The predicted octanol–water partition coefficient (Wildman–Crippen LogP) is 2.15. The minimum Gasteiger partial charge on any atom is -0.350 e. The van der Waals surface area contributed by atoms with E-state index >= 15 is 0 Å². The zero-order valence-electron chi connectivity index (χ0n) is 13.9. The van der Waals surface area contributed by atoms with Crippen LogP contribution in [-0.4, -0.2) is 45.2 Å². The molecule has 25 heavy (non-hydrogen) atoms.